The molecule has 0 spiro atoms. The summed E-state index contributed by atoms with van der Waals surface area (Å²) in [6, 6.07) is 11.7. The van der Waals surface area contributed by atoms with Crippen LogP contribution in [-0.2, 0) is 5.41 Å². The quantitative estimate of drug-likeness (QED) is 0.779. The van der Waals surface area contributed by atoms with E-state index in [1.54, 1.807) is 12.1 Å². The lowest BCUT2D eigenvalue weighted by molar-refractivity contribution is 0.148. The average molecular weight is 291 g/mol. The minimum absolute atomic E-state index is 0.0357. The molecule has 0 aliphatic rings. The molecule has 0 amide bonds. The van der Waals surface area contributed by atoms with Gasteiger partial charge in [-0.25, -0.2) is 8.78 Å². The Morgan fingerprint density at radius 1 is 1.05 bits per heavy atom. The van der Waals surface area contributed by atoms with E-state index < -0.39 is 6.43 Å². The third-order valence-corrected chi connectivity index (χ3v) is 3.20. The molecule has 2 aromatic carbocycles. The summed E-state index contributed by atoms with van der Waals surface area (Å²) >= 11 is 0. The summed E-state index contributed by atoms with van der Waals surface area (Å²) < 4.78 is 31.7. The minimum atomic E-state index is -2.63. The maximum atomic E-state index is 13.0. The molecule has 2 nitrogen and oxygen atoms in total. The van der Waals surface area contributed by atoms with Crippen LogP contribution in [0.4, 0.5) is 14.5 Å². The molecule has 0 heterocycles. The summed E-state index contributed by atoms with van der Waals surface area (Å²) in [7, 11) is 0. The third kappa shape index (κ3) is 3.72. The number of hydrogen-bond donors (Lipinski definition) is 1. The van der Waals surface area contributed by atoms with E-state index in [2.05, 4.69) is 20.8 Å². The first-order valence-electron chi connectivity index (χ1n) is 6.73. The van der Waals surface area contributed by atoms with Gasteiger partial charge in [-0.1, -0.05) is 32.9 Å². The Hall–Kier alpha value is -2.10. The first-order valence-corrected chi connectivity index (χ1v) is 6.73. The number of anilines is 1. The Morgan fingerprint density at radius 3 is 2.38 bits per heavy atom. The highest BCUT2D eigenvalue weighted by atomic mass is 19.3. The van der Waals surface area contributed by atoms with Crippen LogP contribution in [0.3, 0.4) is 0 Å². The first kappa shape index (κ1) is 15.3. The van der Waals surface area contributed by atoms with Gasteiger partial charge in [0.15, 0.2) is 0 Å². The van der Waals surface area contributed by atoms with Gasteiger partial charge in [0.1, 0.15) is 11.5 Å². The van der Waals surface area contributed by atoms with Gasteiger partial charge in [0.2, 0.25) is 0 Å². The lowest BCUT2D eigenvalue weighted by Crippen LogP contribution is -2.10. The molecule has 0 atom stereocenters. The van der Waals surface area contributed by atoms with Gasteiger partial charge in [-0.3, -0.25) is 0 Å². The van der Waals surface area contributed by atoms with Crippen LogP contribution in [0.2, 0.25) is 0 Å². The minimum Gasteiger partial charge on any atom is -0.457 e. The molecule has 0 saturated heterocycles. The zero-order chi connectivity index (χ0) is 15.6. The molecule has 2 N–H and O–H groups in total. The fourth-order valence-electron chi connectivity index (χ4n) is 1.98. The van der Waals surface area contributed by atoms with Crippen molar-refractivity contribution in [3.05, 3.63) is 53.6 Å². The zero-order valence-electron chi connectivity index (χ0n) is 12.4. The van der Waals surface area contributed by atoms with Crippen molar-refractivity contribution in [1.29, 1.82) is 0 Å². The SMILES string of the molecule is CC(C)(C)c1cccc(Oc2ccc(N)cc2C(F)F)c1. The monoisotopic (exact) mass is 291 g/mol. The van der Waals surface area contributed by atoms with E-state index in [4.69, 9.17) is 10.5 Å². The Balaban J connectivity index is 2.35. The topological polar surface area (TPSA) is 35.2 Å². The normalized spacial score (nSPS) is 11.7. The van der Waals surface area contributed by atoms with Crippen LogP contribution in [0.1, 0.15) is 38.3 Å². The van der Waals surface area contributed by atoms with Crippen molar-refractivity contribution in [2.75, 3.05) is 5.73 Å². The summed E-state index contributed by atoms with van der Waals surface area (Å²) in [6.07, 6.45) is -2.63. The van der Waals surface area contributed by atoms with Crippen LogP contribution < -0.4 is 10.5 Å². The van der Waals surface area contributed by atoms with Gasteiger partial charge in [0, 0.05) is 5.69 Å². The smallest absolute Gasteiger partial charge is 0.267 e. The Bertz CT molecular complexity index is 633. The molecule has 21 heavy (non-hydrogen) atoms. The summed E-state index contributed by atoms with van der Waals surface area (Å²) in [6.45, 7) is 6.25. The molecule has 112 valence electrons. The van der Waals surface area contributed by atoms with Gasteiger partial charge in [-0.05, 0) is 41.3 Å². The van der Waals surface area contributed by atoms with Gasteiger partial charge < -0.3 is 10.5 Å². The molecule has 0 unspecified atom stereocenters. The summed E-state index contributed by atoms with van der Waals surface area (Å²) in [5.74, 6) is 0.666. The number of alkyl halides is 2. The second-order valence-corrected chi connectivity index (χ2v) is 5.98. The van der Waals surface area contributed by atoms with E-state index in [0.29, 0.717) is 11.4 Å². The highest BCUT2D eigenvalue weighted by molar-refractivity contribution is 5.50. The van der Waals surface area contributed by atoms with E-state index in [9.17, 15) is 8.78 Å². The largest absolute Gasteiger partial charge is 0.457 e. The number of ether oxygens (including phenoxy) is 1. The van der Waals surface area contributed by atoms with E-state index in [1.807, 2.05) is 18.2 Å². The lowest BCUT2D eigenvalue weighted by Gasteiger charge is -2.20. The fourth-order valence-corrected chi connectivity index (χ4v) is 1.98. The van der Waals surface area contributed by atoms with Crippen molar-refractivity contribution in [2.24, 2.45) is 0 Å². The molecule has 0 saturated carbocycles. The number of nitrogens with two attached hydrogens (primary N) is 1. The molecule has 4 heteroatoms. The molecule has 2 rings (SSSR count). The summed E-state index contributed by atoms with van der Waals surface area (Å²) in [5, 5.41) is 0. The summed E-state index contributed by atoms with van der Waals surface area (Å²) in [4.78, 5) is 0. The van der Waals surface area contributed by atoms with Gasteiger partial charge in [0.25, 0.3) is 6.43 Å². The Morgan fingerprint density at radius 2 is 1.76 bits per heavy atom. The highest BCUT2D eigenvalue weighted by Crippen LogP contribution is 2.35. The second-order valence-electron chi connectivity index (χ2n) is 5.98. The predicted octanol–water partition coefficient (Wildman–Crippen LogP) is 5.30. The highest BCUT2D eigenvalue weighted by Gasteiger charge is 2.17. The van der Waals surface area contributed by atoms with Crippen LogP contribution in [0.25, 0.3) is 0 Å². The zero-order valence-corrected chi connectivity index (χ0v) is 12.4. The number of hydrogen-bond acceptors (Lipinski definition) is 2. The van der Waals surface area contributed by atoms with Crippen LogP contribution in [0, 0.1) is 0 Å². The molecule has 2 aromatic rings. The average Bonchev–Trinajstić information content (AvgIpc) is 2.40. The van der Waals surface area contributed by atoms with Crippen LogP contribution >= 0.6 is 0 Å². The van der Waals surface area contributed by atoms with Crippen molar-refractivity contribution in [1.82, 2.24) is 0 Å². The van der Waals surface area contributed by atoms with E-state index in [-0.39, 0.29) is 16.7 Å². The van der Waals surface area contributed by atoms with Gasteiger partial charge in [0.05, 0.1) is 5.56 Å². The third-order valence-electron chi connectivity index (χ3n) is 3.20. The van der Waals surface area contributed by atoms with Gasteiger partial charge in [-0.15, -0.1) is 0 Å². The predicted molar refractivity (Wildman–Crippen MR) is 81.0 cm³/mol. The van der Waals surface area contributed by atoms with Crippen molar-refractivity contribution < 1.29 is 13.5 Å². The number of nitrogen functional groups attached to an aromatic ring is 1. The van der Waals surface area contributed by atoms with Crippen molar-refractivity contribution >= 4 is 5.69 Å². The first-order chi connectivity index (χ1) is 9.77. The second kappa shape index (κ2) is 5.72. The standard InChI is InChI=1S/C17H19F2NO/c1-17(2,3)11-5-4-6-13(9-11)21-15-8-7-12(20)10-14(15)16(18)19/h4-10,16H,20H2,1-3H3. The molecular formula is C17H19F2NO. The maximum absolute atomic E-state index is 13.0. The molecular weight excluding hydrogens is 272 g/mol. The lowest BCUT2D eigenvalue weighted by atomic mass is 9.87. The van der Waals surface area contributed by atoms with Crippen LogP contribution in [0.5, 0.6) is 11.5 Å². The summed E-state index contributed by atoms with van der Waals surface area (Å²) in [5.41, 5.74) is 6.69. The van der Waals surface area contributed by atoms with Crippen molar-refractivity contribution in [3.63, 3.8) is 0 Å². The number of halogens is 2. The molecule has 0 aliphatic carbocycles. The van der Waals surface area contributed by atoms with Crippen molar-refractivity contribution in [2.45, 2.75) is 32.6 Å². The number of rotatable bonds is 3. The van der Waals surface area contributed by atoms with Crippen LogP contribution in [0.15, 0.2) is 42.5 Å². The molecule has 0 fully saturated rings. The number of benzene rings is 2. The molecule has 0 aromatic heterocycles. The van der Waals surface area contributed by atoms with E-state index in [1.165, 1.54) is 12.1 Å². The molecule has 0 aliphatic heterocycles. The molecule has 0 bridgehead atoms. The maximum Gasteiger partial charge on any atom is 0.267 e. The van der Waals surface area contributed by atoms with Gasteiger partial charge in [-0.2, -0.15) is 0 Å². The molecule has 0 radical (unpaired) electrons. The van der Waals surface area contributed by atoms with Gasteiger partial charge >= 0.3 is 0 Å². The van der Waals surface area contributed by atoms with Crippen LogP contribution in [-0.4, -0.2) is 0 Å². The Labute approximate surface area is 123 Å². The van der Waals surface area contributed by atoms with Crippen molar-refractivity contribution in [3.8, 4) is 11.5 Å². The van der Waals surface area contributed by atoms with E-state index >= 15 is 0 Å². The van der Waals surface area contributed by atoms with E-state index in [0.717, 1.165) is 5.56 Å². The fraction of sp³-hybridized carbons (Fsp3) is 0.294. The Kier molecular flexibility index (Phi) is 4.16.